The largest absolute Gasteiger partial charge is 0.355 e. The smallest absolute Gasteiger partial charge is 0.144 e. The molecular weight excluding hydrogens is 298 g/mol. The van der Waals surface area contributed by atoms with Crippen molar-refractivity contribution in [1.29, 1.82) is 0 Å². The van der Waals surface area contributed by atoms with Gasteiger partial charge >= 0.3 is 0 Å². The molecule has 72 valence electrons. The van der Waals surface area contributed by atoms with Gasteiger partial charge in [0.05, 0.1) is 0 Å². The highest BCUT2D eigenvalue weighted by Crippen LogP contribution is 2.26. The third kappa shape index (κ3) is 1.28. The van der Waals surface area contributed by atoms with Gasteiger partial charge in [-0.2, -0.15) is 0 Å². The third-order valence-electron chi connectivity index (χ3n) is 2.68. The van der Waals surface area contributed by atoms with E-state index in [1.165, 1.54) is 27.3 Å². The summed E-state index contributed by atoms with van der Waals surface area (Å²) >= 11 is 2.29. The average molecular weight is 306 g/mol. The van der Waals surface area contributed by atoms with Crippen molar-refractivity contribution in [3.05, 3.63) is 34.2 Å². The Balaban J connectivity index is 2.66. The Morgan fingerprint density at radius 3 is 2.93 bits per heavy atom. The molecule has 0 aliphatic carbocycles. The molecule has 0 aliphatic heterocycles. The summed E-state index contributed by atoms with van der Waals surface area (Å²) in [5.74, 6) is 0. The Kier molecular flexibility index (Phi) is 1.98. The van der Waals surface area contributed by atoms with Crippen LogP contribution in [0.1, 0.15) is 0 Å². The third-order valence-corrected chi connectivity index (χ3v) is 3.50. The van der Waals surface area contributed by atoms with Crippen molar-refractivity contribution >= 4 is 57.7 Å². The monoisotopic (exact) mass is 306 g/mol. The van der Waals surface area contributed by atoms with Crippen LogP contribution in [0.15, 0.2) is 30.5 Å². The standard InChI is InChI=1S/C11H8BIN2/c12-7-5-14-11(13)9-6-3-1-2-4-8(6)15-10(7)9/h1-5,15H,12H2. The van der Waals surface area contributed by atoms with Crippen LogP contribution in [-0.2, 0) is 0 Å². The molecule has 1 aromatic carbocycles. The lowest BCUT2D eigenvalue weighted by Gasteiger charge is -1.97. The van der Waals surface area contributed by atoms with E-state index in [1.54, 1.807) is 0 Å². The van der Waals surface area contributed by atoms with Crippen molar-refractivity contribution in [2.24, 2.45) is 0 Å². The molecule has 0 bridgehead atoms. The molecule has 0 radical (unpaired) electrons. The summed E-state index contributed by atoms with van der Waals surface area (Å²) in [6.45, 7) is 0. The molecule has 0 saturated heterocycles. The summed E-state index contributed by atoms with van der Waals surface area (Å²) < 4.78 is 1.06. The molecule has 4 heteroatoms. The lowest BCUT2D eigenvalue weighted by molar-refractivity contribution is 1.32. The molecule has 1 N–H and O–H groups in total. The predicted octanol–water partition coefficient (Wildman–Crippen LogP) is 1.58. The van der Waals surface area contributed by atoms with Crippen LogP contribution >= 0.6 is 22.6 Å². The number of nitrogens with one attached hydrogen (secondary N) is 1. The molecule has 0 fully saturated rings. The van der Waals surface area contributed by atoms with Crippen molar-refractivity contribution < 1.29 is 0 Å². The minimum atomic E-state index is 1.06. The molecule has 0 amide bonds. The van der Waals surface area contributed by atoms with E-state index in [2.05, 4.69) is 58.6 Å². The summed E-state index contributed by atoms with van der Waals surface area (Å²) in [5, 5.41) is 2.50. The highest BCUT2D eigenvalue weighted by atomic mass is 127. The zero-order valence-corrected chi connectivity index (χ0v) is 10.4. The average Bonchev–Trinajstić information content (AvgIpc) is 2.64. The highest BCUT2D eigenvalue weighted by Gasteiger charge is 2.09. The van der Waals surface area contributed by atoms with E-state index in [4.69, 9.17) is 0 Å². The molecule has 0 aliphatic rings. The van der Waals surface area contributed by atoms with Crippen molar-refractivity contribution in [3.63, 3.8) is 0 Å². The fourth-order valence-electron chi connectivity index (χ4n) is 1.93. The van der Waals surface area contributed by atoms with Crippen LogP contribution in [0.2, 0.25) is 0 Å². The topological polar surface area (TPSA) is 28.7 Å². The van der Waals surface area contributed by atoms with E-state index in [9.17, 15) is 0 Å². The van der Waals surface area contributed by atoms with E-state index in [0.717, 1.165) is 3.70 Å². The number of hydrogen-bond acceptors (Lipinski definition) is 1. The summed E-state index contributed by atoms with van der Waals surface area (Å²) in [5.41, 5.74) is 3.58. The molecular formula is C11H8BIN2. The van der Waals surface area contributed by atoms with E-state index in [1.807, 2.05) is 12.3 Å². The van der Waals surface area contributed by atoms with Crippen molar-refractivity contribution in [1.82, 2.24) is 9.97 Å². The molecule has 0 saturated carbocycles. The number of para-hydroxylation sites is 1. The normalized spacial score (nSPS) is 11.3. The molecule has 3 rings (SSSR count). The Bertz CT molecular complexity index is 660. The SMILES string of the molecule is Bc1cnc(I)c2c1[nH]c1ccccc12. The maximum atomic E-state index is 4.40. The van der Waals surface area contributed by atoms with Crippen LogP contribution in [0, 0.1) is 3.70 Å². The predicted molar refractivity (Wildman–Crippen MR) is 74.5 cm³/mol. The first-order valence-corrected chi connectivity index (χ1v) is 5.87. The molecule has 2 aromatic heterocycles. The number of aromatic amines is 1. The number of hydrogen-bond donors (Lipinski definition) is 1. The van der Waals surface area contributed by atoms with E-state index in [0.29, 0.717) is 0 Å². The van der Waals surface area contributed by atoms with Gasteiger partial charge in [0.15, 0.2) is 0 Å². The van der Waals surface area contributed by atoms with E-state index >= 15 is 0 Å². The molecule has 2 nitrogen and oxygen atoms in total. The first kappa shape index (κ1) is 9.21. The van der Waals surface area contributed by atoms with Gasteiger partial charge in [-0.1, -0.05) is 18.2 Å². The number of pyridine rings is 1. The maximum absolute atomic E-state index is 4.40. The second-order valence-corrected chi connectivity index (χ2v) is 4.67. The molecule has 3 aromatic rings. The van der Waals surface area contributed by atoms with Crippen molar-refractivity contribution in [2.45, 2.75) is 0 Å². The molecule has 0 atom stereocenters. The fraction of sp³-hybridized carbons (Fsp3) is 0. The highest BCUT2D eigenvalue weighted by molar-refractivity contribution is 14.1. The van der Waals surface area contributed by atoms with Gasteiger partial charge < -0.3 is 4.98 Å². The minimum Gasteiger partial charge on any atom is -0.355 e. The number of aromatic nitrogens is 2. The van der Waals surface area contributed by atoms with Crippen LogP contribution in [0.25, 0.3) is 21.8 Å². The first-order valence-electron chi connectivity index (χ1n) is 4.79. The van der Waals surface area contributed by atoms with Gasteiger partial charge in [0.2, 0.25) is 0 Å². The number of benzene rings is 1. The summed E-state index contributed by atoms with van der Waals surface area (Å²) in [6.07, 6.45) is 1.92. The second kappa shape index (κ2) is 3.23. The maximum Gasteiger partial charge on any atom is 0.144 e. The Labute approximate surface area is 102 Å². The van der Waals surface area contributed by atoms with Gasteiger partial charge in [-0.05, 0) is 34.1 Å². The Morgan fingerprint density at radius 1 is 1.27 bits per heavy atom. The van der Waals surface area contributed by atoms with Gasteiger partial charge in [0.25, 0.3) is 0 Å². The molecule has 0 spiro atoms. The number of nitrogens with zero attached hydrogens (tertiary/aromatic N) is 1. The van der Waals surface area contributed by atoms with Gasteiger partial charge in [0.1, 0.15) is 11.5 Å². The zero-order valence-electron chi connectivity index (χ0n) is 8.21. The Hall–Kier alpha value is -1.04. The lowest BCUT2D eigenvalue weighted by atomic mass is 9.96. The van der Waals surface area contributed by atoms with Crippen LogP contribution in [-0.4, -0.2) is 17.8 Å². The quantitative estimate of drug-likeness (QED) is 0.381. The number of H-pyrrole nitrogens is 1. The zero-order chi connectivity index (χ0) is 10.4. The molecule has 15 heavy (non-hydrogen) atoms. The van der Waals surface area contributed by atoms with Crippen LogP contribution in [0.3, 0.4) is 0 Å². The summed E-state index contributed by atoms with van der Waals surface area (Å²) in [6, 6.07) is 8.35. The van der Waals surface area contributed by atoms with Gasteiger partial charge in [-0.15, -0.1) is 0 Å². The second-order valence-electron chi connectivity index (χ2n) is 3.65. The van der Waals surface area contributed by atoms with Crippen molar-refractivity contribution in [2.75, 3.05) is 0 Å². The van der Waals surface area contributed by atoms with E-state index < -0.39 is 0 Å². The molecule has 0 unspecified atom stereocenters. The number of fused-ring (bicyclic) bond motifs is 3. The molecule has 2 heterocycles. The van der Waals surface area contributed by atoms with Crippen molar-refractivity contribution in [3.8, 4) is 0 Å². The van der Waals surface area contributed by atoms with Crippen LogP contribution in [0.5, 0.6) is 0 Å². The summed E-state index contributed by atoms with van der Waals surface area (Å²) in [4.78, 5) is 7.84. The van der Waals surface area contributed by atoms with Crippen LogP contribution in [0.4, 0.5) is 0 Å². The van der Waals surface area contributed by atoms with E-state index in [-0.39, 0.29) is 0 Å². The first-order chi connectivity index (χ1) is 7.27. The van der Waals surface area contributed by atoms with Gasteiger partial charge in [0, 0.05) is 28.0 Å². The Morgan fingerprint density at radius 2 is 2.07 bits per heavy atom. The fourth-order valence-corrected chi connectivity index (χ4v) is 2.63. The van der Waals surface area contributed by atoms with Gasteiger partial charge in [-0.3, -0.25) is 4.98 Å². The number of halogens is 1. The minimum absolute atomic E-state index is 1.06. The lowest BCUT2D eigenvalue weighted by Crippen LogP contribution is -2.05. The van der Waals surface area contributed by atoms with Crippen LogP contribution < -0.4 is 5.46 Å². The number of rotatable bonds is 0. The van der Waals surface area contributed by atoms with Gasteiger partial charge in [-0.25, -0.2) is 0 Å². The summed E-state index contributed by atoms with van der Waals surface area (Å²) in [7, 11) is 2.08.